The largest absolute Gasteiger partial charge is 0.313 e. The summed E-state index contributed by atoms with van der Waals surface area (Å²) in [5.41, 5.74) is 11.5. The number of hydrogen-bond donors (Lipinski definition) is 2. The molecule has 12 heavy (non-hydrogen) atoms. The number of hydrogen-bond acceptors (Lipinski definition) is 2. The van der Waals surface area contributed by atoms with Crippen molar-refractivity contribution >= 4 is 0 Å². The van der Waals surface area contributed by atoms with Crippen LogP contribution in [0.3, 0.4) is 0 Å². The first-order valence-electron chi connectivity index (χ1n) is 4.85. The van der Waals surface area contributed by atoms with Crippen molar-refractivity contribution in [1.82, 2.24) is 0 Å². The van der Waals surface area contributed by atoms with Crippen molar-refractivity contribution in [2.45, 2.75) is 53.1 Å². The summed E-state index contributed by atoms with van der Waals surface area (Å²) < 4.78 is 0. The molecular weight excluding hydrogens is 148 g/mol. The van der Waals surface area contributed by atoms with E-state index < -0.39 is 5.66 Å². The van der Waals surface area contributed by atoms with Crippen LogP contribution in [0.2, 0.25) is 0 Å². The van der Waals surface area contributed by atoms with Crippen molar-refractivity contribution in [2.24, 2.45) is 22.8 Å². The van der Waals surface area contributed by atoms with Gasteiger partial charge in [-0.1, -0.05) is 40.5 Å². The van der Waals surface area contributed by atoms with Crippen LogP contribution in [-0.4, -0.2) is 5.66 Å². The number of rotatable bonds is 4. The van der Waals surface area contributed by atoms with Gasteiger partial charge in [0.2, 0.25) is 0 Å². The van der Waals surface area contributed by atoms with E-state index in [4.69, 9.17) is 11.5 Å². The highest BCUT2D eigenvalue weighted by atomic mass is 15.0. The molecule has 0 rings (SSSR count). The summed E-state index contributed by atoms with van der Waals surface area (Å²) in [5, 5.41) is 0. The zero-order chi connectivity index (χ0) is 9.99. The molecule has 0 bridgehead atoms. The van der Waals surface area contributed by atoms with E-state index in [1.54, 1.807) is 0 Å². The third-order valence-corrected chi connectivity index (χ3v) is 3.59. The average Bonchev–Trinajstić information content (AvgIpc) is 2.00. The molecule has 0 aromatic rings. The molecule has 0 heterocycles. The minimum absolute atomic E-state index is 0.276. The van der Waals surface area contributed by atoms with Gasteiger partial charge in [-0.15, -0.1) is 0 Å². The van der Waals surface area contributed by atoms with E-state index in [0.717, 1.165) is 12.8 Å². The normalized spacial score (nSPS) is 16.2. The van der Waals surface area contributed by atoms with Gasteiger partial charge in [0.05, 0.1) is 5.66 Å². The van der Waals surface area contributed by atoms with Crippen molar-refractivity contribution in [2.75, 3.05) is 0 Å². The molecule has 0 saturated heterocycles. The Hall–Kier alpha value is -0.0800. The van der Waals surface area contributed by atoms with Crippen molar-refractivity contribution in [3.8, 4) is 0 Å². The van der Waals surface area contributed by atoms with Crippen LogP contribution in [0.15, 0.2) is 0 Å². The summed E-state index contributed by atoms with van der Waals surface area (Å²) in [7, 11) is 0. The molecule has 0 aromatic carbocycles. The SMILES string of the molecule is CCC(C)(CC)C(C)C(C)(N)N. The summed E-state index contributed by atoms with van der Waals surface area (Å²) in [6.07, 6.45) is 2.27. The fourth-order valence-electron chi connectivity index (χ4n) is 1.61. The first-order chi connectivity index (χ1) is 5.28. The molecular formula is C10H24N2. The Balaban J connectivity index is 4.53. The summed E-state index contributed by atoms with van der Waals surface area (Å²) >= 11 is 0. The fraction of sp³-hybridized carbons (Fsp3) is 1.00. The zero-order valence-electron chi connectivity index (χ0n) is 9.15. The molecule has 0 aliphatic rings. The molecule has 4 N–H and O–H groups in total. The van der Waals surface area contributed by atoms with Crippen LogP contribution in [0.5, 0.6) is 0 Å². The minimum Gasteiger partial charge on any atom is -0.313 e. The van der Waals surface area contributed by atoms with Gasteiger partial charge in [0.1, 0.15) is 0 Å². The Morgan fingerprint density at radius 2 is 1.42 bits per heavy atom. The van der Waals surface area contributed by atoms with Crippen molar-refractivity contribution in [3.63, 3.8) is 0 Å². The van der Waals surface area contributed by atoms with Crippen LogP contribution in [0.1, 0.15) is 47.5 Å². The van der Waals surface area contributed by atoms with E-state index in [9.17, 15) is 0 Å². The van der Waals surface area contributed by atoms with E-state index in [0.29, 0.717) is 5.92 Å². The lowest BCUT2D eigenvalue weighted by atomic mass is 9.69. The smallest absolute Gasteiger partial charge is 0.0639 e. The van der Waals surface area contributed by atoms with E-state index in [1.807, 2.05) is 6.92 Å². The Labute approximate surface area is 76.7 Å². The first kappa shape index (κ1) is 11.9. The maximum Gasteiger partial charge on any atom is 0.0639 e. The minimum atomic E-state index is -0.555. The Bertz CT molecular complexity index is 131. The van der Waals surface area contributed by atoms with Crippen molar-refractivity contribution < 1.29 is 0 Å². The van der Waals surface area contributed by atoms with Gasteiger partial charge in [-0.25, -0.2) is 0 Å². The topological polar surface area (TPSA) is 52.0 Å². The molecule has 0 fully saturated rings. The van der Waals surface area contributed by atoms with Crippen LogP contribution >= 0.6 is 0 Å². The summed E-state index contributed by atoms with van der Waals surface area (Å²) in [6, 6.07) is 0. The van der Waals surface area contributed by atoms with Gasteiger partial charge in [-0.05, 0) is 18.3 Å². The predicted molar refractivity (Wildman–Crippen MR) is 54.6 cm³/mol. The third kappa shape index (κ3) is 2.46. The van der Waals surface area contributed by atoms with Crippen LogP contribution in [0.25, 0.3) is 0 Å². The monoisotopic (exact) mass is 172 g/mol. The van der Waals surface area contributed by atoms with Crippen LogP contribution in [0.4, 0.5) is 0 Å². The van der Waals surface area contributed by atoms with Gasteiger partial charge < -0.3 is 11.5 Å². The molecule has 0 aliphatic carbocycles. The van der Waals surface area contributed by atoms with Gasteiger partial charge in [-0.2, -0.15) is 0 Å². The Kier molecular flexibility index (Phi) is 3.73. The second-order valence-electron chi connectivity index (χ2n) is 4.45. The molecule has 0 radical (unpaired) electrons. The zero-order valence-corrected chi connectivity index (χ0v) is 9.15. The van der Waals surface area contributed by atoms with E-state index >= 15 is 0 Å². The van der Waals surface area contributed by atoms with Gasteiger partial charge in [-0.3, -0.25) is 0 Å². The lowest BCUT2D eigenvalue weighted by Gasteiger charge is -2.41. The van der Waals surface area contributed by atoms with E-state index in [-0.39, 0.29) is 5.41 Å². The Morgan fingerprint density at radius 3 is 1.50 bits per heavy atom. The first-order valence-corrected chi connectivity index (χ1v) is 4.85. The van der Waals surface area contributed by atoms with Crippen molar-refractivity contribution in [3.05, 3.63) is 0 Å². The lowest BCUT2D eigenvalue weighted by Crippen LogP contribution is -2.56. The van der Waals surface area contributed by atoms with Crippen LogP contribution < -0.4 is 11.5 Å². The summed E-state index contributed by atoms with van der Waals surface area (Å²) in [4.78, 5) is 0. The molecule has 1 atom stereocenters. The highest BCUT2D eigenvalue weighted by Crippen LogP contribution is 2.37. The van der Waals surface area contributed by atoms with Gasteiger partial charge >= 0.3 is 0 Å². The molecule has 0 amide bonds. The molecule has 0 aliphatic heterocycles. The highest BCUT2D eigenvalue weighted by molar-refractivity contribution is 4.89. The molecule has 74 valence electrons. The summed E-state index contributed by atoms with van der Waals surface area (Å²) in [5.74, 6) is 0.347. The standard InChI is InChI=1S/C10H24N2/c1-6-9(4,7-2)8(3)10(5,11)12/h8H,6-7,11-12H2,1-5H3. The second kappa shape index (κ2) is 3.75. The number of nitrogens with two attached hydrogens (primary N) is 2. The summed E-state index contributed by atoms with van der Waals surface area (Å²) in [6.45, 7) is 10.7. The van der Waals surface area contributed by atoms with E-state index in [2.05, 4.69) is 27.7 Å². The van der Waals surface area contributed by atoms with Gasteiger partial charge in [0, 0.05) is 0 Å². The molecule has 1 unspecified atom stereocenters. The van der Waals surface area contributed by atoms with Crippen LogP contribution in [-0.2, 0) is 0 Å². The fourth-order valence-corrected chi connectivity index (χ4v) is 1.61. The van der Waals surface area contributed by atoms with E-state index in [1.165, 1.54) is 0 Å². The average molecular weight is 172 g/mol. The maximum atomic E-state index is 5.89. The maximum absolute atomic E-state index is 5.89. The molecule has 2 heteroatoms. The third-order valence-electron chi connectivity index (χ3n) is 3.59. The quantitative estimate of drug-likeness (QED) is 0.638. The van der Waals surface area contributed by atoms with Crippen LogP contribution in [0, 0.1) is 11.3 Å². The molecule has 0 saturated carbocycles. The van der Waals surface area contributed by atoms with Gasteiger partial charge in [0.15, 0.2) is 0 Å². The molecule has 2 nitrogen and oxygen atoms in total. The Morgan fingerprint density at radius 1 is 1.08 bits per heavy atom. The molecule has 0 aromatic heterocycles. The second-order valence-corrected chi connectivity index (χ2v) is 4.45. The van der Waals surface area contributed by atoms with Crippen molar-refractivity contribution in [1.29, 1.82) is 0 Å². The highest BCUT2D eigenvalue weighted by Gasteiger charge is 2.36. The predicted octanol–water partition coefficient (Wildman–Crippen LogP) is 2.08. The molecule has 0 spiro atoms. The van der Waals surface area contributed by atoms with Gasteiger partial charge in [0.25, 0.3) is 0 Å². The lowest BCUT2D eigenvalue weighted by molar-refractivity contribution is 0.111.